The summed E-state index contributed by atoms with van der Waals surface area (Å²) in [5.74, 6) is 0. The second-order valence-corrected chi connectivity index (χ2v) is 8.03. The number of nitrogens with zero attached hydrogens (tertiary/aromatic N) is 1. The van der Waals surface area contributed by atoms with E-state index in [-0.39, 0.29) is 0 Å². The van der Waals surface area contributed by atoms with Gasteiger partial charge in [-0.05, 0) is 43.2 Å². The maximum atomic E-state index is 9.67. The smallest absolute Gasteiger partial charge is 0.184 e. The Balaban J connectivity index is 2.78. The van der Waals surface area contributed by atoms with Crippen LogP contribution < -0.4 is 22.1 Å². The van der Waals surface area contributed by atoms with Crippen molar-refractivity contribution in [2.24, 2.45) is 11.5 Å². The number of halogens is 2. The van der Waals surface area contributed by atoms with Gasteiger partial charge in [-0.2, -0.15) is 0 Å². The third-order valence-corrected chi connectivity index (χ3v) is 5.70. The van der Waals surface area contributed by atoms with Crippen LogP contribution in [0.4, 0.5) is 5.13 Å². The molecule has 0 bridgehead atoms. The van der Waals surface area contributed by atoms with Gasteiger partial charge in [0.15, 0.2) is 5.13 Å². The molecule has 9 heteroatoms. The molecule has 1 atom stereocenters. The van der Waals surface area contributed by atoms with E-state index in [1.165, 1.54) is 29.8 Å². The summed E-state index contributed by atoms with van der Waals surface area (Å²) < 4.78 is 0. The molecule has 0 aliphatic heterocycles. The molecule has 1 rings (SSSR count). The van der Waals surface area contributed by atoms with Gasteiger partial charge in [-0.25, -0.2) is 4.98 Å². The van der Waals surface area contributed by atoms with Crippen LogP contribution in [-0.4, -0.2) is 29.3 Å². The number of aromatic nitrogens is 1. The van der Waals surface area contributed by atoms with E-state index in [9.17, 15) is 5.11 Å². The molecule has 0 amide bonds. The molecular weight excluding hydrogens is 429 g/mol. The molecule has 0 fully saturated rings. The topological polar surface area (TPSA) is 109 Å². The second kappa shape index (κ2) is 13.3. The van der Waals surface area contributed by atoms with Crippen LogP contribution in [0.3, 0.4) is 0 Å². The molecule has 0 saturated heterocycles. The summed E-state index contributed by atoms with van der Waals surface area (Å²) in [5, 5.41) is 17.7. The van der Waals surface area contributed by atoms with Crippen LogP contribution in [0.15, 0.2) is 59.6 Å². The average Bonchev–Trinajstić information content (AvgIpc) is 3.07. The van der Waals surface area contributed by atoms with Crippen molar-refractivity contribution in [3.63, 3.8) is 0 Å². The van der Waals surface area contributed by atoms with Crippen molar-refractivity contribution in [2.75, 3.05) is 18.4 Å². The van der Waals surface area contributed by atoms with E-state index in [0.717, 1.165) is 28.3 Å². The molecule has 1 aromatic heterocycles. The van der Waals surface area contributed by atoms with Crippen LogP contribution >= 0.6 is 34.5 Å². The first-order valence-corrected chi connectivity index (χ1v) is 10.7. The number of nitrogens with one attached hydrogen (secondary N) is 2. The van der Waals surface area contributed by atoms with E-state index >= 15 is 0 Å². The standard InChI is InChI=1S/C20H29Cl2N5OS/c1-4-17(28)8-14(10-23)12-26-20-27-19(22)18(29-20)7-6-15(9-16(21)11-24)13(3)25-5-2/h4,9-11,17,25,28H,1,3,5-8,12,23-24H2,2H3,(H,26,27)/b14-10+,15-9-,16-11+. The quantitative estimate of drug-likeness (QED) is 0.226. The van der Waals surface area contributed by atoms with Gasteiger partial charge in [-0.15, -0.1) is 17.9 Å². The Labute approximate surface area is 186 Å². The molecule has 7 N–H and O–H groups in total. The second-order valence-electron chi connectivity index (χ2n) is 6.15. The summed E-state index contributed by atoms with van der Waals surface area (Å²) >= 11 is 13.8. The van der Waals surface area contributed by atoms with E-state index in [0.29, 0.717) is 41.1 Å². The van der Waals surface area contributed by atoms with Gasteiger partial charge in [-0.1, -0.05) is 35.9 Å². The van der Waals surface area contributed by atoms with Gasteiger partial charge in [0.25, 0.3) is 0 Å². The highest BCUT2D eigenvalue weighted by atomic mass is 35.5. The van der Waals surface area contributed by atoms with Gasteiger partial charge >= 0.3 is 0 Å². The number of hydrogen-bond donors (Lipinski definition) is 5. The van der Waals surface area contributed by atoms with Gasteiger partial charge in [0.1, 0.15) is 5.15 Å². The molecule has 160 valence electrons. The van der Waals surface area contributed by atoms with Crippen LogP contribution in [0.5, 0.6) is 0 Å². The van der Waals surface area contributed by atoms with Gasteiger partial charge in [0.2, 0.25) is 0 Å². The van der Waals surface area contributed by atoms with Gasteiger partial charge < -0.3 is 27.2 Å². The first kappa shape index (κ1) is 25.1. The number of likely N-dealkylation sites (N-methyl/N-ethyl adjacent to an activating group) is 1. The lowest BCUT2D eigenvalue weighted by Crippen LogP contribution is -2.13. The van der Waals surface area contributed by atoms with Crippen LogP contribution in [0, 0.1) is 0 Å². The Morgan fingerprint density at radius 2 is 2.10 bits per heavy atom. The van der Waals surface area contributed by atoms with Crippen molar-refractivity contribution >= 4 is 39.7 Å². The summed E-state index contributed by atoms with van der Waals surface area (Å²) in [6, 6.07) is 0. The summed E-state index contributed by atoms with van der Waals surface area (Å²) in [6.07, 6.45) is 7.22. The van der Waals surface area contributed by atoms with Crippen molar-refractivity contribution in [1.29, 1.82) is 0 Å². The summed E-state index contributed by atoms with van der Waals surface area (Å²) in [7, 11) is 0. The van der Waals surface area contributed by atoms with Crippen LogP contribution in [0.2, 0.25) is 5.15 Å². The Hall–Kier alpha value is -1.93. The molecule has 0 spiro atoms. The lowest BCUT2D eigenvalue weighted by atomic mass is 10.1. The monoisotopic (exact) mass is 457 g/mol. The number of anilines is 1. The zero-order valence-electron chi connectivity index (χ0n) is 16.5. The molecule has 1 aromatic rings. The fourth-order valence-corrected chi connectivity index (χ4v) is 3.73. The molecule has 29 heavy (non-hydrogen) atoms. The van der Waals surface area contributed by atoms with Gasteiger partial charge in [-0.3, -0.25) is 0 Å². The number of thiazole rings is 1. The Bertz CT molecular complexity index is 786. The molecule has 0 aliphatic carbocycles. The molecule has 6 nitrogen and oxygen atoms in total. The van der Waals surface area contributed by atoms with Gasteiger partial charge in [0, 0.05) is 36.3 Å². The maximum Gasteiger partial charge on any atom is 0.184 e. The number of rotatable bonds is 13. The predicted molar refractivity (Wildman–Crippen MR) is 126 cm³/mol. The highest BCUT2D eigenvalue weighted by Crippen LogP contribution is 2.30. The fraction of sp³-hybridized carbons (Fsp3) is 0.350. The van der Waals surface area contributed by atoms with Crippen molar-refractivity contribution in [1.82, 2.24) is 10.3 Å². The number of allylic oxidation sites excluding steroid dienone is 3. The highest BCUT2D eigenvalue weighted by Gasteiger charge is 2.12. The number of aryl methyl sites for hydroxylation is 1. The summed E-state index contributed by atoms with van der Waals surface area (Å²) in [6.45, 7) is 10.8. The van der Waals surface area contributed by atoms with Gasteiger partial charge in [0.05, 0.1) is 11.1 Å². The predicted octanol–water partition coefficient (Wildman–Crippen LogP) is 4.01. The van der Waals surface area contributed by atoms with E-state index in [1.807, 2.05) is 6.92 Å². The third-order valence-electron chi connectivity index (χ3n) is 3.97. The van der Waals surface area contributed by atoms with Crippen molar-refractivity contribution in [3.8, 4) is 0 Å². The maximum absolute atomic E-state index is 9.67. The summed E-state index contributed by atoms with van der Waals surface area (Å²) in [5.41, 5.74) is 13.7. The van der Waals surface area contributed by atoms with E-state index in [2.05, 4.69) is 28.8 Å². The number of aliphatic hydroxyl groups is 1. The van der Waals surface area contributed by atoms with Crippen molar-refractivity contribution in [2.45, 2.75) is 32.3 Å². The highest BCUT2D eigenvalue weighted by molar-refractivity contribution is 7.16. The molecule has 0 aliphatic rings. The zero-order valence-corrected chi connectivity index (χ0v) is 18.9. The van der Waals surface area contributed by atoms with Crippen molar-refractivity contribution < 1.29 is 5.11 Å². The van der Waals surface area contributed by atoms with Crippen LogP contribution in [0.25, 0.3) is 0 Å². The normalized spacial score (nSPS) is 13.9. The first-order valence-electron chi connectivity index (χ1n) is 9.14. The van der Waals surface area contributed by atoms with E-state index < -0.39 is 6.10 Å². The lowest BCUT2D eigenvalue weighted by molar-refractivity contribution is 0.223. The molecule has 0 radical (unpaired) electrons. The summed E-state index contributed by atoms with van der Waals surface area (Å²) in [4.78, 5) is 5.31. The third kappa shape index (κ3) is 8.95. The Morgan fingerprint density at radius 3 is 2.69 bits per heavy atom. The minimum absolute atomic E-state index is 0.412. The molecule has 1 unspecified atom stereocenters. The number of aliphatic hydroxyl groups excluding tert-OH is 1. The molecule has 1 heterocycles. The first-order chi connectivity index (χ1) is 13.8. The Kier molecular flexibility index (Phi) is 11.5. The van der Waals surface area contributed by atoms with E-state index in [4.69, 9.17) is 34.7 Å². The zero-order chi connectivity index (χ0) is 21.8. The number of nitrogens with two attached hydrogens (primary N) is 2. The molecular formula is C20H29Cl2N5OS. The SMILES string of the molecule is C=CC(O)C/C(=C\N)CNc1nc(Cl)c(CC/C(=C/C(Cl)=C\N)C(=C)NCC)s1. The van der Waals surface area contributed by atoms with E-state index in [1.54, 1.807) is 6.08 Å². The van der Waals surface area contributed by atoms with Crippen molar-refractivity contribution in [3.05, 3.63) is 69.6 Å². The average molecular weight is 458 g/mol. The van der Waals surface area contributed by atoms with Crippen LogP contribution in [0.1, 0.15) is 24.6 Å². The Morgan fingerprint density at radius 1 is 1.38 bits per heavy atom. The lowest BCUT2D eigenvalue weighted by Gasteiger charge is -2.12. The largest absolute Gasteiger partial charge is 0.405 e. The minimum Gasteiger partial charge on any atom is -0.405 e. The fourth-order valence-electron chi connectivity index (χ4n) is 2.40. The number of hydrogen-bond acceptors (Lipinski definition) is 7. The molecule has 0 saturated carbocycles. The van der Waals surface area contributed by atoms with Crippen LogP contribution in [-0.2, 0) is 6.42 Å². The minimum atomic E-state index is -0.633. The molecule has 0 aromatic carbocycles.